The predicted molar refractivity (Wildman–Crippen MR) is 157 cm³/mol. The number of hydrogen-bond donors (Lipinski definition) is 0. The molecular formula is C33H42ClNO. The van der Waals surface area contributed by atoms with E-state index in [9.17, 15) is 0 Å². The highest BCUT2D eigenvalue weighted by Gasteiger charge is 2.16. The van der Waals surface area contributed by atoms with Crippen LogP contribution in [0, 0.1) is 0 Å². The van der Waals surface area contributed by atoms with E-state index in [4.69, 9.17) is 16.3 Å². The molecule has 0 aliphatic heterocycles. The van der Waals surface area contributed by atoms with Gasteiger partial charge in [-0.3, -0.25) is 0 Å². The molecule has 0 heterocycles. The summed E-state index contributed by atoms with van der Waals surface area (Å²) in [6.07, 6.45) is 8.90. The first-order chi connectivity index (χ1) is 17.7. The zero-order valence-corrected chi connectivity index (χ0v) is 22.9. The summed E-state index contributed by atoms with van der Waals surface area (Å²) in [5.74, 6) is 0.891. The minimum atomic E-state index is 0.726. The first kappa shape index (κ1) is 28.0. The summed E-state index contributed by atoms with van der Waals surface area (Å²) in [5, 5.41) is 0.735. The summed E-state index contributed by atoms with van der Waals surface area (Å²) < 4.78 is 6.32. The number of rotatable bonds is 16. The zero-order chi connectivity index (χ0) is 25.4. The second-order valence-electron chi connectivity index (χ2n) is 9.27. The standard InChI is InChI=1S/C33H42ClNO/c1-3-35(4-2)26-18-8-6-5-7-9-19-27-36-31-25-17-16-24-30(31)32(28-20-12-10-13-21-28)33(34)29-22-14-11-15-23-29/h10-17,20-25H,3-9,18-19,26-27H2,1-2H3/b33-32+. The van der Waals surface area contributed by atoms with Crippen molar-refractivity contribution < 1.29 is 4.74 Å². The van der Waals surface area contributed by atoms with Gasteiger partial charge in [0.25, 0.3) is 0 Å². The maximum absolute atomic E-state index is 7.02. The Morgan fingerprint density at radius 1 is 0.639 bits per heavy atom. The van der Waals surface area contributed by atoms with E-state index in [0.29, 0.717) is 0 Å². The lowest BCUT2D eigenvalue weighted by Crippen LogP contribution is -2.23. The van der Waals surface area contributed by atoms with Crippen molar-refractivity contribution in [3.8, 4) is 5.75 Å². The Morgan fingerprint density at radius 3 is 1.81 bits per heavy atom. The number of benzene rings is 3. The molecule has 0 unspecified atom stereocenters. The molecule has 0 spiro atoms. The van der Waals surface area contributed by atoms with Gasteiger partial charge < -0.3 is 9.64 Å². The third-order valence-corrected chi connectivity index (χ3v) is 7.14. The van der Waals surface area contributed by atoms with E-state index >= 15 is 0 Å². The van der Waals surface area contributed by atoms with E-state index in [2.05, 4.69) is 73.3 Å². The summed E-state index contributed by atoms with van der Waals surface area (Å²) in [6.45, 7) is 8.81. The molecule has 0 fully saturated rings. The van der Waals surface area contributed by atoms with Gasteiger partial charge in [0.1, 0.15) is 5.75 Å². The quantitative estimate of drug-likeness (QED) is 0.142. The topological polar surface area (TPSA) is 12.5 Å². The Bertz CT molecular complexity index is 1030. The SMILES string of the molecule is CCN(CC)CCCCCCCCCOc1ccccc1/C(=C(/Cl)c1ccccc1)c1ccccc1. The number of hydrogen-bond acceptors (Lipinski definition) is 2. The molecule has 36 heavy (non-hydrogen) atoms. The highest BCUT2D eigenvalue weighted by Crippen LogP contribution is 2.38. The average molecular weight is 504 g/mol. The normalized spacial score (nSPS) is 12.0. The molecule has 0 amide bonds. The summed E-state index contributed by atoms with van der Waals surface area (Å²) in [7, 11) is 0. The lowest BCUT2D eigenvalue weighted by atomic mass is 9.94. The summed E-state index contributed by atoms with van der Waals surface area (Å²) >= 11 is 7.02. The van der Waals surface area contributed by atoms with Crippen LogP contribution in [-0.2, 0) is 0 Å². The third kappa shape index (κ3) is 8.84. The van der Waals surface area contributed by atoms with Gasteiger partial charge in [0.2, 0.25) is 0 Å². The van der Waals surface area contributed by atoms with E-state index in [0.717, 1.165) is 46.1 Å². The van der Waals surface area contributed by atoms with Crippen LogP contribution >= 0.6 is 11.6 Å². The molecule has 2 nitrogen and oxygen atoms in total. The molecule has 0 radical (unpaired) electrons. The molecule has 0 aromatic heterocycles. The monoisotopic (exact) mass is 503 g/mol. The Hall–Kier alpha value is -2.55. The minimum Gasteiger partial charge on any atom is -0.493 e. The van der Waals surface area contributed by atoms with Crippen LogP contribution in [0.4, 0.5) is 0 Å². The van der Waals surface area contributed by atoms with Gasteiger partial charge in [0.15, 0.2) is 0 Å². The average Bonchev–Trinajstić information content (AvgIpc) is 2.94. The van der Waals surface area contributed by atoms with Crippen molar-refractivity contribution in [1.82, 2.24) is 4.90 Å². The van der Waals surface area contributed by atoms with E-state index in [1.54, 1.807) is 0 Å². The Kier molecular flexibility index (Phi) is 12.6. The third-order valence-electron chi connectivity index (χ3n) is 6.74. The molecule has 3 rings (SSSR count). The first-order valence-electron chi connectivity index (χ1n) is 13.7. The maximum atomic E-state index is 7.02. The fraction of sp³-hybridized carbons (Fsp3) is 0.394. The van der Waals surface area contributed by atoms with Crippen LogP contribution in [0.3, 0.4) is 0 Å². The molecule has 3 aromatic carbocycles. The predicted octanol–water partition coefficient (Wildman–Crippen LogP) is 9.29. The highest BCUT2D eigenvalue weighted by molar-refractivity contribution is 6.53. The van der Waals surface area contributed by atoms with Crippen molar-refractivity contribution in [3.05, 3.63) is 102 Å². The highest BCUT2D eigenvalue weighted by atomic mass is 35.5. The van der Waals surface area contributed by atoms with Crippen LogP contribution in [0.1, 0.15) is 75.5 Å². The molecule has 0 saturated heterocycles. The van der Waals surface area contributed by atoms with Crippen molar-refractivity contribution in [2.24, 2.45) is 0 Å². The first-order valence-corrected chi connectivity index (χ1v) is 14.1. The van der Waals surface area contributed by atoms with Crippen molar-refractivity contribution in [3.63, 3.8) is 0 Å². The summed E-state index contributed by atoms with van der Waals surface area (Å²) in [5.41, 5.74) is 4.13. The van der Waals surface area contributed by atoms with Crippen molar-refractivity contribution in [2.75, 3.05) is 26.2 Å². The zero-order valence-electron chi connectivity index (χ0n) is 22.1. The van der Waals surface area contributed by atoms with Gasteiger partial charge >= 0.3 is 0 Å². The lowest BCUT2D eigenvalue weighted by Gasteiger charge is -2.17. The molecule has 0 atom stereocenters. The molecule has 0 aliphatic carbocycles. The molecule has 3 heteroatoms. The number of nitrogens with zero attached hydrogens (tertiary/aromatic N) is 1. The Morgan fingerprint density at radius 2 is 1.17 bits per heavy atom. The molecular weight excluding hydrogens is 462 g/mol. The fourth-order valence-electron chi connectivity index (χ4n) is 4.58. The second kappa shape index (κ2) is 16.2. The van der Waals surface area contributed by atoms with E-state index in [1.165, 1.54) is 58.2 Å². The largest absolute Gasteiger partial charge is 0.493 e. The Balaban J connectivity index is 1.56. The van der Waals surface area contributed by atoms with Gasteiger partial charge in [-0.2, -0.15) is 0 Å². The van der Waals surface area contributed by atoms with Gasteiger partial charge in [-0.05, 0) is 49.7 Å². The lowest BCUT2D eigenvalue weighted by molar-refractivity contribution is 0.293. The van der Waals surface area contributed by atoms with Crippen molar-refractivity contribution in [1.29, 1.82) is 0 Å². The molecule has 0 N–H and O–H groups in total. The molecule has 192 valence electrons. The summed E-state index contributed by atoms with van der Waals surface area (Å²) in [6, 6.07) is 28.8. The molecule has 0 bridgehead atoms. The van der Waals surface area contributed by atoms with E-state index < -0.39 is 0 Å². The number of ether oxygens (including phenoxy) is 1. The van der Waals surface area contributed by atoms with Gasteiger partial charge in [-0.25, -0.2) is 0 Å². The molecule has 3 aromatic rings. The van der Waals surface area contributed by atoms with Crippen LogP contribution < -0.4 is 4.74 Å². The van der Waals surface area contributed by atoms with E-state index in [-0.39, 0.29) is 0 Å². The van der Waals surface area contributed by atoms with Crippen molar-refractivity contribution >= 4 is 22.2 Å². The van der Waals surface area contributed by atoms with Crippen LogP contribution in [0.2, 0.25) is 0 Å². The van der Waals surface area contributed by atoms with E-state index in [1.807, 2.05) is 30.3 Å². The minimum absolute atomic E-state index is 0.726. The smallest absolute Gasteiger partial charge is 0.127 e. The number of halogens is 1. The van der Waals surface area contributed by atoms with Crippen molar-refractivity contribution in [2.45, 2.75) is 58.8 Å². The number of para-hydroxylation sites is 1. The van der Waals surface area contributed by atoms with Gasteiger partial charge in [0, 0.05) is 11.1 Å². The van der Waals surface area contributed by atoms with Crippen LogP contribution in [0.5, 0.6) is 5.75 Å². The second-order valence-corrected chi connectivity index (χ2v) is 9.65. The molecule has 0 saturated carbocycles. The van der Waals surface area contributed by atoms with Crippen LogP contribution in [0.15, 0.2) is 84.9 Å². The Labute approximate surface area is 224 Å². The number of unbranched alkanes of at least 4 members (excludes halogenated alkanes) is 6. The van der Waals surface area contributed by atoms with Crippen LogP contribution in [-0.4, -0.2) is 31.1 Å². The summed E-state index contributed by atoms with van der Waals surface area (Å²) in [4.78, 5) is 2.51. The fourth-order valence-corrected chi connectivity index (χ4v) is 4.91. The van der Waals surface area contributed by atoms with Crippen LogP contribution in [0.25, 0.3) is 10.6 Å². The molecule has 0 aliphatic rings. The maximum Gasteiger partial charge on any atom is 0.127 e. The van der Waals surface area contributed by atoms with Gasteiger partial charge in [-0.1, -0.05) is 136 Å². The van der Waals surface area contributed by atoms with Gasteiger partial charge in [0.05, 0.1) is 11.6 Å². The van der Waals surface area contributed by atoms with Gasteiger partial charge in [-0.15, -0.1) is 0 Å².